The number of pyridine rings is 1. The van der Waals surface area contributed by atoms with Crippen molar-refractivity contribution in [2.75, 3.05) is 25.5 Å². The molecule has 2 aromatic rings. The van der Waals surface area contributed by atoms with E-state index in [2.05, 4.69) is 15.0 Å². The average Bonchev–Trinajstić information content (AvgIpc) is 2.52. The number of ether oxygens (including phenoxy) is 1. The summed E-state index contributed by atoms with van der Waals surface area (Å²) in [5.74, 6) is 0.699. The molecule has 0 atom stereocenters. The van der Waals surface area contributed by atoms with E-state index in [0.29, 0.717) is 11.4 Å². The Labute approximate surface area is 124 Å². The Bertz CT molecular complexity index is 675. The van der Waals surface area contributed by atoms with Crippen LogP contribution in [0, 0.1) is 0 Å². The molecule has 7 heteroatoms. The van der Waals surface area contributed by atoms with Gasteiger partial charge in [0, 0.05) is 19.8 Å². The molecular weight excluding hydrogens is 290 g/mol. The van der Waals surface area contributed by atoms with Gasteiger partial charge in [0.05, 0.1) is 5.69 Å². The number of aromatic nitrogens is 1. The van der Waals surface area contributed by atoms with Gasteiger partial charge in [-0.3, -0.25) is 0 Å². The van der Waals surface area contributed by atoms with Crippen LogP contribution in [0.4, 0.5) is 5.69 Å². The van der Waals surface area contributed by atoms with Gasteiger partial charge in [-0.1, -0.05) is 18.2 Å². The predicted octanol–water partition coefficient (Wildman–Crippen LogP) is 1.48. The van der Waals surface area contributed by atoms with Crippen molar-refractivity contribution in [2.45, 2.75) is 5.03 Å². The summed E-state index contributed by atoms with van der Waals surface area (Å²) in [5.41, 5.74) is 0.453. The van der Waals surface area contributed by atoms with Crippen LogP contribution < -0.4 is 14.8 Å². The molecule has 6 nitrogen and oxygen atoms in total. The molecule has 112 valence electrons. The molecule has 1 aromatic heterocycles. The molecule has 21 heavy (non-hydrogen) atoms. The third-order valence-electron chi connectivity index (χ3n) is 2.70. The van der Waals surface area contributed by atoms with Crippen LogP contribution in [0.1, 0.15) is 0 Å². The second kappa shape index (κ2) is 7.05. The van der Waals surface area contributed by atoms with Gasteiger partial charge in [-0.05, 0) is 24.3 Å². The van der Waals surface area contributed by atoms with Crippen molar-refractivity contribution < 1.29 is 13.2 Å². The number of para-hydroxylation sites is 1. The first-order valence-electron chi connectivity index (χ1n) is 6.44. The highest BCUT2D eigenvalue weighted by Crippen LogP contribution is 2.16. The number of sulfonamides is 1. The standard InChI is InChI=1S/C14H17N3O3S/c1-15-13-8-5-9-16-14(13)21(18,19)17-10-11-20-12-6-3-2-4-7-12/h2-9,15,17H,10-11H2,1H3. The van der Waals surface area contributed by atoms with Crippen LogP contribution in [-0.4, -0.2) is 33.6 Å². The van der Waals surface area contributed by atoms with Crippen molar-refractivity contribution in [1.82, 2.24) is 9.71 Å². The first-order chi connectivity index (χ1) is 10.1. The van der Waals surface area contributed by atoms with E-state index in [1.54, 1.807) is 19.2 Å². The first kappa shape index (κ1) is 15.3. The van der Waals surface area contributed by atoms with Gasteiger partial charge in [-0.25, -0.2) is 18.1 Å². The maximum absolute atomic E-state index is 12.2. The van der Waals surface area contributed by atoms with Crippen LogP contribution in [0.3, 0.4) is 0 Å². The second-order valence-corrected chi connectivity index (χ2v) is 5.85. The number of hydrogen-bond donors (Lipinski definition) is 2. The van der Waals surface area contributed by atoms with Gasteiger partial charge in [0.2, 0.25) is 0 Å². The Kier molecular flexibility index (Phi) is 5.13. The molecular formula is C14H17N3O3S. The third-order valence-corrected chi connectivity index (χ3v) is 4.12. The molecule has 1 aromatic carbocycles. The minimum absolute atomic E-state index is 0.0211. The molecule has 0 saturated carbocycles. The highest BCUT2D eigenvalue weighted by molar-refractivity contribution is 7.89. The van der Waals surface area contributed by atoms with E-state index in [1.165, 1.54) is 6.20 Å². The van der Waals surface area contributed by atoms with Gasteiger partial charge in [0.1, 0.15) is 12.4 Å². The summed E-state index contributed by atoms with van der Waals surface area (Å²) < 4.78 is 32.2. The van der Waals surface area contributed by atoms with Crippen molar-refractivity contribution in [3.63, 3.8) is 0 Å². The number of rotatable bonds is 7. The van der Waals surface area contributed by atoms with Crippen molar-refractivity contribution in [3.05, 3.63) is 48.7 Å². The van der Waals surface area contributed by atoms with Crippen molar-refractivity contribution >= 4 is 15.7 Å². The number of hydrogen-bond acceptors (Lipinski definition) is 5. The second-order valence-electron chi connectivity index (χ2n) is 4.17. The Balaban J connectivity index is 1.93. The summed E-state index contributed by atoms with van der Waals surface area (Å²) in [6.45, 7) is 0.405. The van der Waals surface area contributed by atoms with E-state index in [0.717, 1.165) is 0 Å². The van der Waals surface area contributed by atoms with Crippen molar-refractivity contribution in [3.8, 4) is 5.75 Å². The molecule has 0 unspecified atom stereocenters. The Hall–Kier alpha value is -2.12. The van der Waals surface area contributed by atoms with E-state index in [4.69, 9.17) is 4.74 Å². The van der Waals surface area contributed by atoms with Crippen LogP contribution in [0.2, 0.25) is 0 Å². The molecule has 1 heterocycles. The molecule has 0 saturated heterocycles. The topological polar surface area (TPSA) is 80.3 Å². The van der Waals surface area contributed by atoms with Crippen LogP contribution in [0.5, 0.6) is 5.75 Å². The van der Waals surface area contributed by atoms with E-state index < -0.39 is 10.0 Å². The zero-order valence-electron chi connectivity index (χ0n) is 11.6. The molecule has 0 aliphatic heterocycles. The van der Waals surface area contributed by atoms with Crippen LogP contribution in [-0.2, 0) is 10.0 Å². The molecule has 0 amide bonds. The predicted molar refractivity (Wildman–Crippen MR) is 80.9 cm³/mol. The Morgan fingerprint density at radius 1 is 1.14 bits per heavy atom. The smallest absolute Gasteiger partial charge is 0.260 e. The number of nitrogens with one attached hydrogen (secondary N) is 2. The molecule has 0 aliphatic rings. The van der Waals surface area contributed by atoms with Gasteiger partial charge in [0.15, 0.2) is 5.03 Å². The zero-order chi connectivity index (χ0) is 15.1. The van der Waals surface area contributed by atoms with E-state index >= 15 is 0 Å². The monoisotopic (exact) mass is 307 g/mol. The lowest BCUT2D eigenvalue weighted by molar-refractivity contribution is 0.323. The minimum Gasteiger partial charge on any atom is -0.492 e. The van der Waals surface area contributed by atoms with Crippen LogP contribution in [0.15, 0.2) is 53.7 Å². The maximum Gasteiger partial charge on any atom is 0.260 e. The quantitative estimate of drug-likeness (QED) is 0.757. The summed E-state index contributed by atoms with van der Waals surface area (Å²) in [5, 5.41) is 2.78. The molecule has 0 aliphatic carbocycles. The Morgan fingerprint density at radius 2 is 1.90 bits per heavy atom. The zero-order valence-corrected chi connectivity index (χ0v) is 12.4. The fourth-order valence-electron chi connectivity index (χ4n) is 1.73. The lowest BCUT2D eigenvalue weighted by atomic mass is 10.3. The normalized spacial score (nSPS) is 11.1. The summed E-state index contributed by atoms with van der Waals surface area (Å²) in [6, 6.07) is 12.5. The van der Waals surface area contributed by atoms with Crippen LogP contribution >= 0.6 is 0 Å². The molecule has 0 fully saturated rings. The number of anilines is 1. The number of benzene rings is 1. The molecule has 2 N–H and O–H groups in total. The summed E-state index contributed by atoms with van der Waals surface area (Å²) in [6.07, 6.45) is 1.44. The van der Waals surface area contributed by atoms with Gasteiger partial charge in [-0.15, -0.1) is 0 Å². The van der Waals surface area contributed by atoms with E-state index in [-0.39, 0.29) is 18.2 Å². The first-order valence-corrected chi connectivity index (χ1v) is 7.92. The van der Waals surface area contributed by atoms with Gasteiger partial charge in [-0.2, -0.15) is 0 Å². The highest BCUT2D eigenvalue weighted by atomic mass is 32.2. The summed E-state index contributed by atoms with van der Waals surface area (Å²) in [7, 11) is -2.01. The van der Waals surface area contributed by atoms with Gasteiger partial charge in [0.25, 0.3) is 10.0 Å². The average molecular weight is 307 g/mol. The van der Waals surface area contributed by atoms with E-state index in [1.807, 2.05) is 30.3 Å². The fraction of sp³-hybridized carbons (Fsp3) is 0.214. The molecule has 0 bridgehead atoms. The molecule has 0 spiro atoms. The maximum atomic E-state index is 12.2. The molecule has 2 rings (SSSR count). The summed E-state index contributed by atoms with van der Waals surface area (Å²) >= 11 is 0. The van der Waals surface area contributed by atoms with Gasteiger partial charge >= 0.3 is 0 Å². The lowest BCUT2D eigenvalue weighted by Crippen LogP contribution is -2.29. The SMILES string of the molecule is CNc1cccnc1S(=O)(=O)NCCOc1ccccc1. The summed E-state index contributed by atoms with van der Waals surface area (Å²) in [4.78, 5) is 3.90. The van der Waals surface area contributed by atoms with Crippen molar-refractivity contribution in [2.24, 2.45) is 0 Å². The van der Waals surface area contributed by atoms with Crippen LogP contribution in [0.25, 0.3) is 0 Å². The fourth-order valence-corrected chi connectivity index (χ4v) is 2.87. The van der Waals surface area contributed by atoms with E-state index in [9.17, 15) is 8.42 Å². The van der Waals surface area contributed by atoms with Crippen molar-refractivity contribution in [1.29, 1.82) is 0 Å². The molecule has 0 radical (unpaired) electrons. The third kappa shape index (κ3) is 4.17. The lowest BCUT2D eigenvalue weighted by Gasteiger charge is -2.10. The minimum atomic E-state index is -3.66. The number of nitrogens with zero attached hydrogens (tertiary/aromatic N) is 1. The largest absolute Gasteiger partial charge is 0.492 e. The Morgan fingerprint density at radius 3 is 2.62 bits per heavy atom. The van der Waals surface area contributed by atoms with Gasteiger partial charge < -0.3 is 10.1 Å². The highest BCUT2D eigenvalue weighted by Gasteiger charge is 2.18.